The first kappa shape index (κ1) is 56.1. The molecule has 1 atom stereocenters. The van der Waals surface area contributed by atoms with Crippen molar-refractivity contribution in [2.24, 2.45) is 0 Å². The number of ether oxygens (including phenoxy) is 2. The van der Waals surface area contributed by atoms with Gasteiger partial charge in [-0.05, 0) is 103 Å². The summed E-state index contributed by atoms with van der Waals surface area (Å²) in [5.41, 5.74) is 0. The van der Waals surface area contributed by atoms with Crippen molar-refractivity contribution < 1.29 is 19.4 Å². The van der Waals surface area contributed by atoms with Crippen LogP contribution < -0.4 is 0 Å². The molecule has 0 aliphatic rings. The van der Waals surface area contributed by atoms with Crippen LogP contribution in [0.2, 0.25) is 0 Å². The van der Waals surface area contributed by atoms with Gasteiger partial charge in [-0.25, -0.2) is 0 Å². The number of unbranched alkanes of at least 4 members (excludes halogenated alkanes) is 18. The lowest BCUT2D eigenvalue weighted by Gasteiger charge is -2.15. The predicted molar refractivity (Wildman–Crippen MR) is 260 cm³/mol. The lowest BCUT2D eigenvalue weighted by molar-refractivity contribution is -0.154. The summed E-state index contributed by atoms with van der Waals surface area (Å²) in [5, 5.41) is 9.64. The van der Waals surface area contributed by atoms with Gasteiger partial charge in [0.05, 0.1) is 13.2 Å². The van der Waals surface area contributed by atoms with Gasteiger partial charge in [0.1, 0.15) is 6.10 Å². The zero-order chi connectivity index (χ0) is 42.6. The normalized spacial score (nSPS) is 13.3. The summed E-state index contributed by atoms with van der Waals surface area (Å²) >= 11 is 0. The maximum atomic E-state index is 12.3. The fraction of sp³-hybridized carbons (Fsp3) is 0.655. The van der Waals surface area contributed by atoms with Gasteiger partial charge >= 0.3 is 5.97 Å². The van der Waals surface area contributed by atoms with E-state index in [0.29, 0.717) is 13.0 Å². The van der Waals surface area contributed by atoms with Crippen LogP contribution in [-0.4, -0.2) is 37.0 Å². The van der Waals surface area contributed by atoms with Crippen LogP contribution in [-0.2, 0) is 14.3 Å². The summed E-state index contributed by atoms with van der Waals surface area (Å²) in [5.74, 6) is -0.230. The molecule has 0 heterocycles. The van der Waals surface area contributed by atoms with Crippen molar-refractivity contribution in [3.8, 4) is 0 Å². The Morgan fingerprint density at radius 1 is 0.424 bits per heavy atom. The molecule has 0 aliphatic carbocycles. The highest BCUT2D eigenvalue weighted by molar-refractivity contribution is 5.69. The van der Waals surface area contributed by atoms with Crippen molar-refractivity contribution in [3.63, 3.8) is 0 Å². The molecule has 0 radical (unpaired) electrons. The molecule has 0 aromatic heterocycles. The van der Waals surface area contributed by atoms with Gasteiger partial charge in [0.2, 0.25) is 0 Å². The lowest BCUT2D eigenvalue weighted by atomic mass is 10.1. The molecule has 0 aliphatic heterocycles. The van der Waals surface area contributed by atoms with Crippen LogP contribution in [0.3, 0.4) is 0 Å². The Balaban J connectivity index is 3.54. The van der Waals surface area contributed by atoms with E-state index >= 15 is 0 Å². The van der Waals surface area contributed by atoms with Gasteiger partial charge in [0, 0.05) is 13.0 Å². The van der Waals surface area contributed by atoms with Crippen molar-refractivity contribution in [2.75, 3.05) is 19.8 Å². The van der Waals surface area contributed by atoms with Gasteiger partial charge < -0.3 is 14.6 Å². The van der Waals surface area contributed by atoms with Crippen LogP contribution in [0.15, 0.2) is 109 Å². The minimum absolute atomic E-state index is 0.192. The lowest BCUT2D eigenvalue weighted by Crippen LogP contribution is -2.27. The highest BCUT2D eigenvalue weighted by atomic mass is 16.6. The molecule has 336 valence electrons. The third-order valence-corrected chi connectivity index (χ3v) is 10.1. The maximum absolute atomic E-state index is 12.3. The van der Waals surface area contributed by atoms with Crippen molar-refractivity contribution >= 4 is 5.97 Å². The second kappa shape index (κ2) is 51.2. The second-order valence-electron chi connectivity index (χ2n) is 15.8. The van der Waals surface area contributed by atoms with E-state index < -0.39 is 6.10 Å². The number of rotatable bonds is 44. The van der Waals surface area contributed by atoms with Crippen molar-refractivity contribution in [1.29, 1.82) is 0 Å². The maximum Gasteiger partial charge on any atom is 0.306 e. The highest BCUT2D eigenvalue weighted by Gasteiger charge is 2.13. The molecule has 0 bridgehead atoms. The van der Waals surface area contributed by atoms with E-state index in [2.05, 4.69) is 123 Å². The first-order valence-electron chi connectivity index (χ1n) is 24.5. The minimum Gasteiger partial charge on any atom is -0.457 e. The van der Waals surface area contributed by atoms with E-state index in [0.717, 1.165) is 89.9 Å². The summed E-state index contributed by atoms with van der Waals surface area (Å²) in [6, 6.07) is 0. The summed E-state index contributed by atoms with van der Waals surface area (Å²) < 4.78 is 11.2. The summed E-state index contributed by atoms with van der Waals surface area (Å²) in [6.45, 7) is 5.17. The number of hydrogen-bond donors (Lipinski definition) is 1. The van der Waals surface area contributed by atoms with E-state index in [1.807, 2.05) is 0 Å². The minimum atomic E-state index is -0.560. The number of aliphatic hydroxyl groups is 1. The molecule has 0 fully saturated rings. The van der Waals surface area contributed by atoms with Gasteiger partial charge in [0.15, 0.2) is 0 Å². The van der Waals surface area contributed by atoms with Crippen LogP contribution in [0.4, 0.5) is 0 Å². The third-order valence-electron chi connectivity index (χ3n) is 10.1. The molecule has 1 unspecified atom stereocenters. The molecule has 1 N–H and O–H groups in total. The molecule has 59 heavy (non-hydrogen) atoms. The standard InChI is InChI=1S/C55H92O4/c1-3-5-7-9-11-13-15-17-19-21-23-25-27-29-31-33-35-37-39-41-43-45-47-49-51-58-53-54(52-56)59-55(57)50-48-46-44-42-40-38-36-34-32-30-28-26-24-22-20-18-16-14-12-10-8-6-4-2/h6,8,12,14-15,17-18,20-21,23-24,26-27,29-30,32,36,38,54,56H,3-5,7,9-11,13,16,19,22,25,28,31,33-35,37,39-53H2,1-2H3/b8-6-,14-12-,17-15-,20-18-,23-21-,26-24-,29-27-,32-30-,38-36-. The Labute approximate surface area is 365 Å². The predicted octanol–water partition coefficient (Wildman–Crippen LogP) is 16.7. The van der Waals surface area contributed by atoms with Crippen LogP contribution >= 0.6 is 0 Å². The van der Waals surface area contributed by atoms with E-state index in [1.54, 1.807) is 0 Å². The first-order chi connectivity index (χ1) is 29.2. The molecular formula is C55H92O4. The van der Waals surface area contributed by atoms with E-state index in [9.17, 15) is 9.90 Å². The largest absolute Gasteiger partial charge is 0.457 e. The summed E-state index contributed by atoms with van der Waals surface area (Å²) in [6.07, 6.45) is 74.5. The van der Waals surface area contributed by atoms with Crippen molar-refractivity contribution in [2.45, 2.75) is 213 Å². The first-order valence-corrected chi connectivity index (χ1v) is 24.5. The Morgan fingerprint density at radius 3 is 1.15 bits per heavy atom. The van der Waals surface area contributed by atoms with Crippen LogP contribution in [0.5, 0.6) is 0 Å². The monoisotopic (exact) mass is 817 g/mol. The molecule has 0 saturated carbocycles. The van der Waals surface area contributed by atoms with E-state index in [4.69, 9.17) is 9.47 Å². The number of esters is 1. The number of aliphatic hydroxyl groups excluding tert-OH is 1. The SMILES string of the molecule is CC/C=C\C/C=C\C/C=C\C/C=C\C/C=C\C/C=C\CCCCCCC(=O)OC(CO)COCCCCCCCCCCC/C=C\C/C=C\C/C=C\CCCCCCC. The average Bonchev–Trinajstić information content (AvgIpc) is 3.24. The summed E-state index contributed by atoms with van der Waals surface area (Å²) in [7, 11) is 0. The number of carbonyl (C=O) groups excluding carboxylic acids is 1. The molecule has 0 spiro atoms. The molecule has 0 amide bonds. The second-order valence-corrected chi connectivity index (χ2v) is 15.8. The fourth-order valence-corrected chi connectivity index (χ4v) is 6.46. The number of allylic oxidation sites excluding steroid dienone is 18. The number of carbonyl (C=O) groups is 1. The van der Waals surface area contributed by atoms with Gasteiger partial charge in [-0.3, -0.25) is 4.79 Å². The van der Waals surface area contributed by atoms with Gasteiger partial charge in [-0.15, -0.1) is 0 Å². The Morgan fingerprint density at radius 2 is 0.763 bits per heavy atom. The Bertz CT molecular complexity index is 1130. The Hall–Kier alpha value is -2.95. The van der Waals surface area contributed by atoms with Crippen molar-refractivity contribution in [3.05, 3.63) is 109 Å². The molecule has 0 saturated heterocycles. The van der Waals surface area contributed by atoms with Crippen LogP contribution in [0.1, 0.15) is 206 Å². The smallest absolute Gasteiger partial charge is 0.306 e. The van der Waals surface area contributed by atoms with Gasteiger partial charge in [-0.1, -0.05) is 207 Å². The van der Waals surface area contributed by atoms with Gasteiger partial charge in [-0.2, -0.15) is 0 Å². The zero-order valence-electron chi connectivity index (χ0n) is 38.5. The van der Waals surface area contributed by atoms with E-state index in [1.165, 1.54) is 96.3 Å². The Kier molecular flexibility index (Phi) is 48.6. The fourth-order valence-electron chi connectivity index (χ4n) is 6.46. The zero-order valence-corrected chi connectivity index (χ0v) is 38.5. The van der Waals surface area contributed by atoms with Gasteiger partial charge in [0.25, 0.3) is 0 Å². The van der Waals surface area contributed by atoms with Crippen molar-refractivity contribution in [1.82, 2.24) is 0 Å². The molecule has 0 rings (SSSR count). The third kappa shape index (κ3) is 49.3. The molecule has 4 nitrogen and oxygen atoms in total. The quantitative estimate of drug-likeness (QED) is 0.0378. The van der Waals surface area contributed by atoms with E-state index in [-0.39, 0.29) is 19.2 Å². The van der Waals surface area contributed by atoms with Crippen LogP contribution in [0.25, 0.3) is 0 Å². The highest BCUT2D eigenvalue weighted by Crippen LogP contribution is 2.12. The summed E-state index contributed by atoms with van der Waals surface area (Å²) in [4.78, 5) is 12.3. The molecule has 0 aromatic rings. The molecule has 0 aromatic carbocycles. The molecule has 4 heteroatoms. The number of hydrogen-bond acceptors (Lipinski definition) is 4. The topological polar surface area (TPSA) is 55.8 Å². The van der Waals surface area contributed by atoms with Crippen LogP contribution in [0, 0.1) is 0 Å². The molecular weight excluding hydrogens is 725 g/mol. The average molecular weight is 817 g/mol.